The molecule has 4 nitrogen and oxygen atoms in total. The number of rotatable bonds is 3. The molecule has 9 heteroatoms. The molecule has 0 fully saturated rings. The first-order chi connectivity index (χ1) is 8.79. The number of sulfonamides is 1. The van der Waals surface area contributed by atoms with Gasteiger partial charge in [0.2, 0.25) is 0 Å². The van der Waals surface area contributed by atoms with Crippen LogP contribution in [0.1, 0.15) is 0 Å². The molecule has 19 heavy (non-hydrogen) atoms. The van der Waals surface area contributed by atoms with Crippen LogP contribution >= 0.6 is 50.5 Å². The van der Waals surface area contributed by atoms with E-state index in [1.165, 1.54) is 24.3 Å². The van der Waals surface area contributed by atoms with Crippen molar-refractivity contribution in [1.82, 2.24) is 0 Å². The Morgan fingerprint density at radius 3 is 2.42 bits per heavy atom. The highest BCUT2D eigenvalue weighted by Crippen LogP contribution is 2.35. The summed E-state index contributed by atoms with van der Waals surface area (Å²) in [5.74, 6) is -0.119. The lowest BCUT2D eigenvalue weighted by atomic mass is 10.3. The van der Waals surface area contributed by atoms with Gasteiger partial charge in [0.1, 0.15) is 9.96 Å². The topological polar surface area (TPSA) is 66.4 Å². The zero-order chi connectivity index (χ0) is 14.2. The molecular formula is C10H6BrCl2NO3S2. The molecule has 0 saturated heterocycles. The summed E-state index contributed by atoms with van der Waals surface area (Å²) in [6.45, 7) is 0. The number of halogens is 3. The van der Waals surface area contributed by atoms with E-state index in [4.69, 9.17) is 23.2 Å². The van der Waals surface area contributed by atoms with Crippen molar-refractivity contribution < 1.29 is 13.5 Å². The number of phenols is 1. The number of phenolic OH excluding ortho intramolecular Hbond substituents is 1. The molecule has 2 N–H and O–H groups in total. The number of hydrogen-bond donors (Lipinski definition) is 2. The highest BCUT2D eigenvalue weighted by molar-refractivity contribution is 9.11. The third-order valence-corrected chi connectivity index (χ3v) is 6.72. The van der Waals surface area contributed by atoms with Gasteiger partial charge in [0, 0.05) is 0 Å². The second kappa shape index (κ2) is 5.49. The number of benzene rings is 1. The summed E-state index contributed by atoms with van der Waals surface area (Å²) < 4.78 is 27.1. The van der Waals surface area contributed by atoms with E-state index in [0.29, 0.717) is 8.81 Å². The molecule has 1 heterocycles. The van der Waals surface area contributed by atoms with Crippen molar-refractivity contribution in [2.45, 2.75) is 4.21 Å². The fourth-order valence-electron chi connectivity index (χ4n) is 1.24. The van der Waals surface area contributed by atoms with Crippen molar-refractivity contribution in [1.29, 1.82) is 0 Å². The van der Waals surface area contributed by atoms with E-state index in [1.54, 1.807) is 0 Å². The van der Waals surface area contributed by atoms with Gasteiger partial charge >= 0.3 is 0 Å². The quantitative estimate of drug-likeness (QED) is 0.751. The molecule has 0 aliphatic heterocycles. The average Bonchev–Trinajstić information content (AvgIpc) is 2.65. The minimum atomic E-state index is -3.73. The van der Waals surface area contributed by atoms with Crippen LogP contribution in [0, 0.1) is 0 Å². The minimum Gasteiger partial charge on any atom is -0.506 e. The minimum absolute atomic E-state index is 0.0607. The zero-order valence-corrected chi connectivity index (χ0v) is 13.8. The first-order valence-corrected chi connectivity index (χ1v) is 8.60. The van der Waals surface area contributed by atoms with E-state index in [9.17, 15) is 13.5 Å². The van der Waals surface area contributed by atoms with Crippen LogP contribution in [0.4, 0.5) is 5.69 Å². The van der Waals surface area contributed by atoms with Gasteiger partial charge < -0.3 is 5.11 Å². The van der Waals surface area contributed by atoms with Crippen LogP contribution < -0.4 is 4.72 Å². The van der Waals surface area contributed by atoms with Gasteiger partial charge in [-0.05, 0) is 40.2 Å². The Balaban J connectivity index is 2.33. The maximum atomic E-state index is 12.1. The summed E-state index contributed by atoms with van der Waals surface area (Å²) in [4.78, 5) is 0. The zero-order valence-electron chi connectivity index (χ0n) is 9.02. The predicted molar refractivity (Wildman–Crippen MR) is 81.0 cm³/mol. The lowest BCUT2D eigenvalue weighted by Crippen LogP contribution is -2.11. The van der Waals surface area contributed by atoms with Crippen LogP contribution in [0.3, 0.4) is 0 Å². The Labute approximate surface area is 132 Å². The number of nitrogens with one attached hydrogen (secondary N) is 1. The first kappa shape index (κ1) is 14.9. The molecule has 102 valence electrons. The molecule has 2 rings (SSSR count). The van der Waals surface area contributed by atoms with Crippen molar-refractivity contribution >= 4 is 66.2 Å². The fraction of sp³-hybridized carbons (Fsp3) is 0. The molecule has 0 bridgehead atoms. The van der Waals surface area contributed by atoms with Gasteiger partial charge in [0.05, 0.1) is 19.5 Å². The van der Waals surface area contributed by atoms with Gasteiger partial charge in [-0.1, -0.05) is 23.2 Å². The van der Waals surface area contributed by atoms with Crippen LogP contribution in [-0.2, 0) is 10.0 Å². The Bertz CT molecular complexity index is 711. The molecule has 0 radical (unpaired) electrons. The molecule has 0 aliphatic rings. The largest absolute Gasteiger partial charge is 0.506 e. The third kappa shape index (κ3) is 3.35. The summed E-state index contributed by atoms with van der Waals surface area (Å²) in [7, 11) is -3.73. The first-order valence-electron chi connectivity index (χ1n) is 4.76. The van der Waals surface area contributed by atoms with E-state index in [1.807, 2.05) is 0 Å². The van der Waals surface area contributed by atoms with Crippen LogP contribution in [0.25, 0.3) is 0 Å². The summed E-state index contributed by atoms with van der Waals surface area (Å²) in [6, 6.07) is 5.37. The fourth-order valence-corrected chi connectivity index (χ4v) is 4.86. The van der Waals surface area contributed by atoms with Gasteiger partial charge in [-0.15, -0.1) is 11.3 Å². The second-order valence-electron chi connectivity index (χ2n) is 3.46. The number of aromatic hydroxyl groups is 1. The Hall–Kier alpha value is -0.470. The second-order valence-corrected chi connectivity index (χ2v) is 8.55. The van der Waals surface area contributed by atoms with E-state index < -0.39 is 10.0 Å². The Kier molecular flexibility index (Phi) is 4.32. The number of thiophene rings is 1. The summed E-state index contributed by atoms with van der Waals surface area (Å²) >= 11 is 15.7. The lowest BCUT2D eigenvalue weighted by molar-refractivity contribution is 0.475. The lowest BCUT2D eigenvalue weighted by Gasteiger charge is -2.07. The highest BCUT2D eigenvalue weighted by Gasteiger charge is 2.19. The Morgan fingerprint density at radius 2 is 1.89 bits per heavy atom. The van der Waals surface area contributed by atoms with Crippen LogP contribution in [0.15, 0.2) is 32.3 Å². The molecule has 0 amide bonds. The standard InChI is InChI=1S/C10H6BrCl2NO3S2/c11-10-7(13)4-9(18-10)19(16,17)14-5-1-2-8(15)6(12)3-5/h1-4,14-15H. The van der Waals surface area contributed by atoms with Gasteiger partial charge in [0.25, 0.3) is 10.0 Å². The van der Waals surface area contributed by atoms with Gasteiger partial charge in [-0.25, -0.2) is 8.42 Å². The molecule has 0 atom stereocenters. The van der Waals surface area contributed by atoms with E-state index >= 15 is 0 Å². The normalized spacial score (nSPS) is 11.5. The van der Waals surface area contributed by atoms with Gasteiger partial charge in [-0.2, -0.15) is 0 Å². The molecule has 0 saturated carbocycles. The SMILES string of the molecule is O=S(=O)(Nc1ccc(O)c(Cl)c1)c1cc(Cl)c(Br)s1. The summed E-state index contributed by atoms with van der Waals surface area (Å²) in [5.41, 5.74) is 0.253. The number of anilines is 1. The van der Waals surface area contributed by atoms with Crippen LogP contribution in [0.5, 0.6) is 5.75 Å². The third-order valence-electron chi connectivity index (χ3n) is 2.09. The maximum Gasteiger partial charge on any atom is 0.271 e. The Morgan fingerprint density at radius 1 is 1.21 bits per heavy atom. The van der Waals surface area contributed by atoms with Gasteiger partial charge in [-0.3, -0.25) is 4.72 Å². The van der Waals surface area contributed by atoms with Gasteiger partial charge in [0.15, 0.2) is 0 Å². The molecule has 0 aliphatic carbocycles. The van der Waals surface area contributed by atoms with Crippen molar-refractivity contribution in [3.63, 3.8) is 0 Å². The smallest absolute Gasteiger partial charge is 0.271 e. The van der Waals surface area contributed by atoms with E-state index in [0.717, 1.165) is 11.3 Å². The summed E-state index contributed by atoms with van der Waals surface area (Å²) in [6.07, 6.45) is 0. The van der Waals surface area contributed by atoms with Crippen LogP contribution in [-0.4, -0.2) is 13.5 Å². The van der Waals surface area contributed by atoms with Crippen molar-refractivity contribution in [3.8, 4) is 5.75 Å². The molecule has 0 spiro atoms. The van der Waals surface area contributed by atoms with E-state index in [2.05, 4.69) is 20.7 Å². The summed E-state index contributed by atoms with van der Waals surface area (Å²) in [5, 5.41) is 9.66. The molecule has 0 unspecified atom stereocenters. The van der Waals surface area contributed by atoms with Crippen LogP contribution in [0.2, 0.25) is 10.0 Å². The molecule has 1 aromatic carbocycles. The highest BCUT2D eigenvalue weighted by atomic mass is 79.9. The number of hydrogen-bond acceptors (Lipinski definition) is 4. The maximum absolute atomic E-state index is 12.1. The molecule has 2 aromatic rings. The van der Waals surface area contributed by atoms with Crippen molar-refractivity contribution in [3.05, 3.63) is 38.1 Å². The molecule has 1 aromatic heterocycles. The monoisotopic (exact) mass is 401 g/mol. The van der Waals surface area contributed by atoms with Crippen molar-refractivity contribution in [2.75, 3.05) is 4.72 Å². The molecular weight excluding hydrogens is 397 g/mol. The predicted octanol–water partition coefficient (Wildman–Crippen LogP) is 4.32. The average molecular weight is 403 g/mol. The van der Waals surface area contributed by atoms with E-state index in [-0.39, 0.29) is 20.7 Å². The van der Waals surface area contributed by atoms with Crippen molar-refractivity contribution in [2.24, 2.45) is 0 Å².